The number of hydrogen-bond donors (Lipinski definition) is 5. The van der Waals surface area contributed by atoms with Crippen molar-refractivity contribution in [3.8, 4) is 5.75 Å². The lowest BCUT2D eigenvalue weighted by Crippen LogP contribution is -2.58. The largest absolute Gasteiger partial charge is 0.508 e. The van der Waals surface area contributed by atoms with Crippen molar-refractivity contribution in [2.75, 3.05) is 0 Å². The molecule has 0 aromatic heterocycles. The zero-order valence-electron chi connectivity index (χ0n) is 14.9. The van der Waals surface area contributed by atoms with E-state index in [2.05, 4.69) is 0 Å². The van der Waals surface area contributed by atoms with E-state index < -0.39 is 52.0 Å². The molecule has 0 spiro atoms. The monoisotopic (exact) mass is 443 g/mol. The van der Waals surface area contributed by atoms with Crippen LogP contribution in [0, 0.1) is 11.8 Å². The molecule has 8 nitrogen and oxygen atoms in total. The van der Waals surface area contributed by atoms with Crippen LogP contribution >= 0.6 is 24.8 Å². The number of hydrogen-bond acceptors (Lipinski definition) is 7. The van der Waals surface area contributed by atoms with Gasteiger partial charge >= 0.3 is 0 Å². The van der Waals surface area contributed by atoms with E-state index in [0.717, 1.165) is 0 Å². The summed E-state index contributed by atoms with van der Waals surface area (Å²) in [7, 11) is 0. The maximum atomic E-state index is 13.1. The normalized spacial score (nSPS) is 27.9. The Morgan fingerprint density at radius 1 is 1.10 bits per heavy atom. The summed E-state index contributed by atoms with van der Waals surface area (Å²) < 4.78 is 0. The third-order valence-electron chi connectivity index (χ3n) is 5.80. The molecule has 0 aliphatic heterocycles. The minimum atomic E-state index is -2.51. The smallest absolute Gasteiger partial charge is 0.255 e. The van der Waals surface area contributed by atoms with Gasteiger partial charge in [-0.05, 0) is 30.4 Å². The van der Waals surface area contributed by atoms with E-state index in [9.17, 15) is 34.8 Å². The molecule has 1 saturated carbocycles. The van der Waals surface area contributed by atoms with Crippen LogP contribution in [0.1, 0.15) is 24.0 Å². The lowest BCUT2D eigenvalue weighted by molar-refractivity contribution is -0.147. The fourth-order valence-electron chi connectivity index (χ4n) is 4.56. The van der Waals surface area contributed by atoms with Gasteiger partial charge in [-0.3, -0.25) is 14.4 Å². The summed E-state index contributed by atoms with van der Waals surface area (Å²) in [5.41, 5.74) is 2.42. The fourth-order valence-corrected chi connectivity index (χ4v) is 4.56. The average Bonchev–Trinajstić information content (AvgIpc) is 2.57. The molecule has 4 rings (SSSR count). The van der Waals surface area contributed by atoms with Gasteiger partial charge in [-0.15, -0.1) is 24.8 Å². The summed E-state index contributed by atoms with van der Waals surface area (Å²) >= 11 is 0. The summed E-state index contributed by atoms with van der Waals surface area (Å²) in [6.07, 6.45) is 0.142. The van der Waals surface area contributed by atoms with Gasteiger partial charge in [-0.2, -0.15) is 0 Å². The Kier molecular flexibility index (Phi) is 5.77. The molecule has 10 heteroatoms. The SMILES string of the molecule is Cl.Cl.NC(=O)C1=C(O)C2(O)C(=O)C3=C(O)c4c(O)cccc4CC3CC2CC1=O. The third-order valence-corrected chi connectivity index (χ3v) is 5.80. The summed E-state index contributed by atoms with van der Waals surface area (Å²) in [5.74, 6) is -6.14. The lowest BCUT2D eigenvalue weighted by atomic mass is 9.59. The van der Waals surface area contributed by atoms with Gasteiger partial charge in [0.15, 0.2) is 11.4 Å². The van der Waals surface area contributed by atoms with Gasteiger partial charge in [-0.25, -0.2) is 0 Å². The number of carbonyl (C=O) groups excluding carboxylic acids is 3. The molecule has 0 bridgehead atoms. The highest BCUT2D eigenvalue weighted by atomic mass is 35.5. The number of phenolic OH excluding ortho intramolecular Hbond substituents is 1. The molecular formula is C19H19Cl2NO7. The number of carbonyl (C=O) groups is 3. The Labute approximate surface area is 177 Å². The number of Topliss-reactive ketones (excluding diaryl/α,β-unsaturated/α-hetero) is 2. The highest BCUT2D eigenvalue weighted by Gasteiger charge is 2.60. The van der Waals surface area contributed by atoms with Crippen LogP contribution < -0.4 is 5.73 Å². The molecular weight excluding hydrogens is 425 g/mol. The van der Waals surface area contributed by atoms with E-state index in [4.69, 9.17) is 5.73 Å². The van der Waals surface area contributed by atoms with Gasteiger partial charge < -0.3 is 26.2 Å². The number of ketones is 2. The van der Waals surface area contributed by atoms with Gasteiger partial charge in [0.1, 0.15) is 22.8 Å². The number of aliphatic hydroxyl groups is 3. The van der Waals surface area contributed by atoms with Crippen molar-refractivity contribution in [3.05, 3.63) is 46.2 Å². The van der Waals surface area contributed by atoms with Gasteiger partial charge in [0.25, 0.3) is 5.91 Å². The molecule has 0 saturated heterocycles. The highest BCUT2D eigenvalue weighted by molar-refractivity contribution is 6.22. The molecule has 3 aliphatic rings. The molecule has 29 heavy (non-hydrogen) atoms. The number of amides is 1. The van der Waals surface area contributed by atoms with Gasteiger partial charge in [0.05, 0.1) is 5.56 Å². The second-order valence-electron chi connectivity index (χ2n) is 7.22. The number of aliphatic hydroxyl groups excluding tert-OH is 2. The Hall–Kier alpha value is -2.55. The first kappa shape index (κ1) is 22.7. The van der Waals surface area contributed by atoms with Gasteiger partial charge in [0, 0.05) is 17.9 Å². The van der Waals surface area contributed by atoms with Crippen LogP contribution in [0.5, 0.6) is 5.75 Å². The van der Waals surface area contributed by atoms with Crippen molar-refractivity contribution in [1.82, 2.24) is 0 Å². The molecule has 156 valence electrons. The predicted molar refractivity (Wildman–Crippen MR) is 106 cm³/mol. The number of aromatic hydroxyl groups is 1. The summed E-state index contributed by atoms with van der Waals surface area (Å²) in [6.45, 7) is 0. The van der Waals surface area contributed by atoms with Crippen LogP contribution in [0.15, 0.2) is 35.1 Å². The standard InChI is InChI=1S/C19H17NO7.2ClH/c20-18(26)14-11(22)6-9-5-8-4-7-2-1-3-10(21)12(7)15(23)13(8)16(24)19(9,27)17(14)25;;/h1-3,8-9,21,23,25,27H,4-6H2,(H2,20,26);2*1H. The van der Waals surface area contributed by atoms with E-state index in [1.165, 1.54) is 6.07 Å². The second-order valence-corrected chi connectivity index (χ2v) is 7.22. The number of primary amides is 1. The highest BCUT2D eigenvalue weighted by Crippen LogP contribution is 2.51. The van der Waals surface area contributed by atoms with Crippen LogP contribution in [-0.4, -0.2) is 43.5 Å². The van der Waals surface area contributed by atoms with Crippen LogP contribution in [0.25, 0.3) is 5.76 Å². The zero-order valence-corrected chi connectivity index (χ0v) is 16.5. The molecule has 0 radical (unpaired) electrons. The minimum absolute atomic E-state index is 0. The fraction of sp³-hybridized carbons (Fsp3) is 0.316. The van der Waals surface area contributed by atoms with Crippen molar-refractivity contribution in [2.45, 2.75) is 24.9 Å². The Morgan fingerprint density at radius 2 is 1.76 bits per heavy atom. The maximum absolute atomic E-state index is 13.1. The predicted octanol–water partition coefficient (Wildman–Crippen LogP) is 1.27. The van der Waals surface area contributed by atoms with Crippen LogP contribution in [-0.2, 0) is 20.8 Å². The van der Waals surface area contributed by atoms with Crippen molar-refractivity contribution >= 4 is 48.0 Å². The quantitative estimate of drug-likeness (QED) is 0.408. The van der Waals surface area contributed by atoms with Crippen LogP contribution in [0.3, 0.4) is 0 Å². The number of rotatable bonds is 1. The Balaban J connectivity index is 0.00000150. The number of phenols is 1. The second kappa shape index (κ2) is 7.37. The lowest BCUT2D eigenvalue weighted by Gasteiger charge is -2.46. The van der Waals surface area contributed by atoms with Crippen LogP contribution in [0.4, 0.5) is 0 Å². The minimum Gasteiger partial charge on any atom is -0.508 e. The topological polar surface area (TPSA) is 158 Å². The molecule has 3 atom stereocenters. The summed E-state index contributed by atoms with van der Waals surface area (Å²) in [4.78, 5) is 36.8. The molecule has 1 fully saturated rings. The third kappa shape index (κ3) is 2.90. The van der Waals surface area contributed by atoms with Crippen molar-refractivity contribution in [1.29, 1.82) is 0 Å². The first-order valence-electron chi connectivity index (χ1n) is 8.46. The summed E-state index contributed by atoms with van der Waals surface area (Å²) in [5, 5.41) is 42.1. The Morgan fingerprint density at radius 3 is 2.38 bits per heavy atom. The van der Waals surface area contributed by atoms with E-state index in [1.807, 2.05) is 0 Å². The number of fused-ring (bicyclic) bond motifs is 3. The van der Waals surface area contributed by atoms with E-state index >= 15 is 0 Å². The molecule has 3 aliphatic carbocycles. The first-order valence-corrected chi connectivity index (χ1v) is 8.46. The molecule has 1 aromatic rings. The maximum Gasteiger partial charge on any atom is 0.255 e. The van der Waals surface area contributed by atoms with Crippen molar-refractivity contribution in [2.24, 2.45) is 17.6 Å². The van der Waals surface area contributed by atoms with Gasteiger partial charge in [0.2, 0.25) is 5.78 Å². The number of benzene rings is 1. The molecule has 6 N–H and O–H groups in total. The zero-order chi connectivity index (χ0) is 19.7. The summed E-state index contributed by atoms with van der Waals surface area (Å²) in [6, 6.07) is 4.69. The van der Waals surface area contributed by atoms with Crippen molar-refractivity contribution in [3.63, 3.8) is 0 Å². The average molecular weight is 444 g/mol. The molecule has 1 amide bonds. The first-order chi connectivity index (χ1) is 12.7. The molecule has 0 heterocycles. The number of nitrogens with two attached hydrogens (primary N) is 1. The van der Waals surface area contributed by atoms with E-state index in [0.29, 0.717) is 12.0 Å². The molecule has 1 aromatic carbocycles. The van der Waals surface area contributed by atoms with E-state index in [1.54, 1.807) is 12.1 Å². The van der Waals surface area contributed by atoms with Crippen LogP contribution in [0.2, 0.25) is 0 Å². The molecule has 3 unspecified atom stereocenters. The Bertz CT molecular complexity index is 1000. The van der Waals surface area contributed by atoms with Gasteiger partial charge in [-0.1, -0.05) is 12.1 Å². The van der Waals surface area contributed by atoms with E-state index in [-0.39, 0.29) is 54.5 Å². The van der Waals surface area contributed by atoms with Crippen molar-refractivity contribution < 1.29 is 34.8 Å². The number of halogens is 2.